The molecular formula is C28H50O4S. The highest BCUT2D eigenvalue weighted by atomic mass is 32.2. The third-order valence-electron chi connectivity index (χ3n) is 11.3. The van der Waals surface area contributed by atoms with E-state index in [1.165, 1.54) is 44.9 Å². The van der Waals surface area contributed by atoms with Gasteiger partial charge < -0.3 is 5.11 Å². The third-order valence-corrected chi connectivity index (χ3v) is 11.9. The van der Waals surface area contributed by atoms with Crippen molar-refractivity contribution >= 4 is 10.1 Å². The highest BCUT2D eigenvalue weighted by Gasteiger charge is 2.64. The molecule has 0 amide bonds. The van der Waals surface area contributed by atoms with Crippen molar-refractivity contribution in [2.24, 2.45) is 46.3 Å². The van der Waals surface area contributed by atoms with Crippen molar-refractivity contribution in [3.63, 3.8) is 0 Å². The maximum atomic E-state index is 11.9. The molecule has 4 nitrogen and oxygen atoms in total. The van der Waals surface area contributed by atoms with Crippen LogP contribution in [-0.2, 0) is 14.3 Å². The summed E-state index contributed by atoms with van der Waals surface area (Å²) < 4.78 is 28.8. The third kappa shape index (κ3) is 4.69. The van der Waals surface area contributed by atoms with Crippen LogP contribution < -0.4 is 0 Å². The zero-order valence-electron chi connectivity index (χ0n) is 22.1. The zero-order valence-corrected chi connectivity index (χ0v) is 22.9. The Morgan fingerprint density at radius 3 is 2.33 bits per heavy atom. The van der Waals surface area contributed by atoms with E-state index in [4.69, 9.17) is 4.18 Å². The van der Waals surface area contributed by atoms with Crippen molar-refractivity contribution in [2.45, 2.75) is 123 Å². The normalized spacial score (nSPS) is 46.5. The smallest absolute Gasteiger partial charge is 0.264 e. The minimum Gasteiger partial charge on any atom is -0.389 e. The predicted octanol–water partition coefficient (Wildman–Crippen LogP) is 6.57. The highest BCUT2D eigenvalue weighted by Crippen LogP contribution is 2.69. The molecule has 0 aliphatic heterocycles. The SMILES string of the molecule is CC(C)CCC[C@@H](C)[C@@H]1CC[C@@H]2[C@@H]3CC[C@@]4(O)C[C@H](OS(C)(=O)=O)CC[C@]4(C)[C@H]3CC[C@@]21C. The van der Waals surface area contributed by atoms with Crippen molar-refractivity contribution in [1.29, 1.82) is 0 Å². The predicted molar refractivity (Wildman–Crippen MR) is 134 cm³/mol. The monoisotopic (exact) mass is 482 g/mol. The first-order valence-corrected chi connectivity index (χ1v) is 15.7. The summed E-state index contributed by atoms with van der Waals surface area (Å²) in [7, 11) is -3.49. The molecule has 0 aromatic carbocycles. The van der Waals surface area contributed by atoms with Crippen LogP contribution in [0.2, 0.25) is 0 Å². The number of aliphatic hydroxyl groups is 1. The van der Waals surface area contributed by atoms with E-state index in [0.717, 1.165) is 55.6 Å². The summed E-state index contributed by atoms with van der Waals surface area (Å²) in [5.74, 6) is 4.54. The van der Waals surface area contributed by atoms with Crippen molar-refractivity contribution in [1.82, 2.24) is 0 Å². The standard InChI is InChI=1S/C28H50O4S/c1-19(2)8-7-9-20(3)23-10-11-24-22-13-17-28(29)18-21(32-33(6,30)31)12-16-27(28,5)25(22)14-15-26(23,24)4/h19-25,29H,7-18H2,1-6H3/t20-,21-,22+,23+,24-,25+,26-,27-,28-/m1/s1. The molecule has 1 N–H and O–H groups in total. The molecule has 192 valence electrons. The van der Waals surface area contributed by atoms with E-state index in [-0.39, 0.29) is 11.5 Å². The first-order valence-electron chi connectivity index (χ1n) is 13.9. The molecule has 0 saturated heterocycles. The average molecular weight is 483 g/mol. The van der Waals surface area contributed by atoms with E-state index in [2.05, 4.69) is 34.6 Å². The second-order valence-electron chi connectivity index (χ2n) is 13.6. The molecule has 0 spiro atoms. The van der Waals surface area contributed by atoms with Crippen molar-refractivity contribution in [3.8, 4) is 0 Å². The number of rotatable bonds is 7. The van der Waals surface area contributed by atoms with Crippen LogP contribution in [0.25, 0.3) is 0 Å². The van der Waals surface area contributed by atoms with Crippen LogP contribution in [0, 0.1) is 46.3 Å². The minimum absolute atomic E-state index is 0.115. The van der Waals surface area contributed by atoms with Crippen LogP contribution in [0.15, 0.2) is 0 Å². The lowest BCUT2D eigenvalue weighted by molar-refractivity contribution is -0.217. The van der Waals surface area contributed by atoms with E-state index >= 15 is 0 Å². The Morgan fingerprint density at radius 2 is 1.67 bits per heavy atom. The fourth-order valence-corrected chi connectivity index (χ4v) is 10.2. The second kappa shape index (κ2) is 9.07. The maximum absolute atomic E-state index is 11.9. The molecule has 0 aromatic heterocycles. The summed E-state index contributed by atoms with van der Waals surface area (Å²) in [5.41, 5.74) is -0.450. The van der Waals surface area contributed by atoms with Gasteiger partial charge in [0.15, 0.2) is 0 Å². The van der Waals surface area contributed by atoms with Gasteiger partial charge in [-0.15, -0.1) is 0 Å². The van der Waals surface area contributed by atoms with Gasteiger partial charge in [0.1, 0.15) is 0 Å². The molecular weight excluding hydrogens is 432 g/mol. The fraction of sp³-hybridized carbons (Fsp3) is 1.00. The molecule has 0 aromatic rings. The molecule has 0 radical (unpaired) electrons. The van der Waals surface area contributed by atoms with E-state index in [0.29, 0.717) is 23.7 Å². The molecule has 4 fully saturated rings. The van der Waals surface area contributed by atoms with Crippen LogP contribution in [0.1, 0.15) is 112 Å². The van der Waals surface area contributed by atoms with Crippen molar-refractivity contribution < 1.29 is 17.7 Å². The van der Waals surface area contributed by atoms with Crippen molar-refractivity contribution in [2.75, 3.05) is 6.26 Å². The summed E-state index contributed by atoms with van der Waals surface area (Å²) in [5, 5.41) is 11.9. The Bertz CT molecular complexity index is 809. The van der Waals surface area contributed by atoms with Crippen LogP contribution in [-0.4, -0.2) is 31.5 Å². The van der Waals surface area contributed by atoms with Crippen molar-refractivity contribution in [3.05, 3.63) is 0 Å². The van der Waals surface area contributed by atoms with Gasteiger partial charge in [0.05, 0.1) is 18.0 Å². The molecule has 5 heteroatoms. The number of hydrogen-bond acceptors (Lipinski definition) is 4. The Balaban J connectivity index is 1.47. The van der Waals surface area contributed by atoms with E-state index in [9.17, 15) is 13.5 Å². The average Bonchev–Trinajstić information content (AvgIpc) is 3.04. The topological polar surface area (TPSA) is 63.6 Å². The zero-order chi connectivity index (χ0) is 24.2. The fourth-order valence-electron chi connectivity index (χ4n) is 9.56. The van der Waals surface area contributed by atoms with Crippen LogP contribution in [0.4, 0.5) is 0 Å². The quantitative estimate of drug-likeness (QED) is 0.417. The van der Waals surface area contributed by atoms with Crippen LogP contribution in [0.5, 0.6) is 0 Å². The van der Waals surface area contributed by atoms with Gasteiger partial charge in [-0.25, -0.2) is 0 Å². The molecule has 4 rings (SSSR count). The molecule has 33 heavy (non-hydrogen) atoms. The van der Waals surface area contributed by atoms with E-state index in [1.807, 2.05) is 0 Å². The Labute approximate surface area is 203 Å². The molecule has 4 saturated carbocycles. The van der Waals surface area contributed by atoms with Gasteiger partial charge in [0, 0.05) is 6.42 Å². The van der Waals surface area contributed by atoms with Gasteiger partial charge in [-0.1, -0.05) is 53.9 Å². The minimum atomic E-state index is -3.49. The lowest BCUT2D eigenvalue weighted by atomic mass is 9.43. The maximum Gasteiger partial charge on any atom is 0.264 e. The second-order valence-corrected chi connectivity index (χ2v) is 15.2. The van der Waals surface area contributed by atoms with Crippen LogP contribution >= 0.6 is 0 Å². The number of fused-ring (bicyclic) bond motifs is 5. The lowest BCUT2D eigenvalue weighted by Crippen LogP contribution is -2.63. The van der Waals surface area contributed by atoms with Gasteiger partial charge >= 0.3 is 0 Å². The van der Waals surface area contributed by atoms with E-state index in [1.54, 1.807) is 0 Å². The van der Waals surface area contributed by atoms with Crippen LogP contribution in [0.3, 0.4) is 0 Å². The van der Waals surface area contributed by atoms with Gasteiger partial charge in [-0.2, -0.15) is 8.42 Å². The van der Waals surface area contributed by atoms with Gasteiger partial charge in [0.25, 0.3) is 10.1 Å². The molecule has 9 atom stereocenters. The lowest BCUT2D eigenvalue weighted by Gasteiger charge is -2.64. The number of hydrogen-bond donors (Lipinski definition) is 1. The Hall–Kier alpha value is -0.130. The van der Waals surface area contributed by atoms with E-state index < -0.39 is 15.7 Å². The van der Waals surface area contributed by atoms with Gasteiger partial charge in [0.2, 0.25) is 0 Å². The molecule has 4 aliphatic carbocycles. The molecule has 4 aliphatic rings. The molecule has 0 heterocycles. The largest absolute Gasteiger partial charge is 0.389 e. The summed E-state index contributed by atoms with van der Waals surface area (Å²) in [6.45, 7) is 12.1. The Kier molecular flexibility index (Phi) is 7.13. The summed E-state index contributed by atoms with van der Waals surface area (Å²) in [6.07, 6.45) is 14.1. The highest BCUT2D eigenvalue weighted by molar-refractivity contribution is 7.86. The molecule has 0 unspecified atom stereocenters. The van der Waals surface area contributed by atoms with Gasteiger partial charge in [-0.3, -0.25) is 4.18 Å². The summed E-state index contributed by atoms with van der Waals surface area (Å²) in [4.78, 5) is 0. The molecule has 0 bridgehead atoms. The summed E-state index contributed by atoms with van der Waals surface area (Å²) in [6, 6.07) is 0. The summed E-state index contributed by atoms with van der Waals surface area (Å²) >= 11 is 0. The Morgan fingerprint density at radius 1 is 0.939 bits per heavy atom. The first-order chi connectivity index (χ1) is 15.3. The first kappa shape index (κ1) is 25.9. The van der Waals surface area contributed by atoms with Gasteiger partial charge in [-0.05, 0) is 97.7 Å².